The normalized spacial score (nSPS) is 20.1. The third-order valence-corrected chi connectivity index (χ3v) is 18.3. The van der Waals surface area contributed by atoms with E-state index in [2.05, 4.69) is 130 Å². The van der Waals surface area contributed by atoms with E-state index >= 15 is 0 Å². The Hall–Kier alpha value is -2.05. The number of allylic oxidation sites excluding steroid dienone is 8. The molecule has 0 saturated carbocycles. The molecular formula is C39H40Cl2Zr. The molecule has 0 spiro atoms. The van der Waals surface area contributed by atoms with Crippen LogP contribution in [-0.4, -0.2) is 3.71 Å². The summed E-state index contributed by atoms with van der Waals surface area (Å²) in [6, 6.07) is 21.3. The van der Waals surface area contributed by atoms with E-state index in [1.807, 2.05) is 0 Å². The zero-order valence-corrected chi connectivity index (χ0v) is 29.6. The van der Waals surface area contributed by atoms with Gasteiger partial charge in [-0.2, -0.15) is 0 Å². The SMILES string of the molecule is CC1=CCC(C)(C)c2cc3c(cc21)-c1cc2c(cc1C3)C(C)(C)[CH]([Zr+2](=[CH]c1ccccc1)[C]1=CC=CC1)C=C2C.[Cl-].[Cl-]. The molecule has 4 aliphatic carbocycles. The van der Waals surface area contributed by atoms with Crippen LogP contribution >= 0.6 is 0 Å². The predicted octanol–water partition coefficient (Wildman–Crippen LogP) is 4.15. The Morgan fingerprint density at radius 3 is 2.07 bits per heavy atom. The molecule has 3 aromatic rings. The first-order valence-corrected chi connectivity index (χ1v) is 19.0. The van der Waals surface area contributed by atoms with Crippen LogP contribution in [0.3, 0.4) is 0 Å². The number of rotatable bonds is 3. The van der Waals surface area contributed by atoms with Gasteiger partial charge in [0.25, 0.3) is 0 Å². The Bertz CT molecular complexity index is 1730. The molecular weight excluding hydrogens is 631 g/mol. The molecule has 4 aliphatic rings. The summed E-state index contributed by atoms with van der Waals surface area (Å²) in [5.41, 5.74) is 16.6. The summed E-state index contributed by atoms with van der Waals surface area (Å²) in [6.45, 7) is 14.5. The summed E-state index contributed by atoms with van der Waals surface area (Å²) >= 11 is -2.20. The smallest absolute Gasteiger partial charge is 1.00 e. The van der Waals surface area contributed by atoms with E-state index in [0.29, 0.717) is 3.63 Å². The van der Waals surface area contributed by atoms with Gasteiger partial charge in [0, 0.05) is 0 Å². The van der Waals surface area contributed by atoms with Crippen molar-refractivity contribution in [2.24, 2.45) is 0 Å². The second kappa shape index (κ2) is 11.5. The van der Waals surface area contributed by atoms with Crippen LogP contribution in [0, 0.1) is 0 Å². The van der Waals surface area contributed by atoms with Crippen molar-refractivity contribution in [1.82, 2.24) is 0 Å². The molecule has 0 fully saturated rings. The van der Waals surface area contributed by atoms with Crippen LogP contribution in [0.1, 0.15) is 93.3 Å². The van der Waals surface area contributed by atoms with Gasteiger partial charge in [-0.15, -0.1) is 0 Å². The molecule has 42 heavy (non-hydrogen) atoms. The van der Waals surface area contributed by atoms with E-state index in [4.69, 9.17) is 0 Å². The van der Waals surface area contributed by atoms with Gasteiger partial charge in [0.15, 0.2) is 0 Å². The van der Waals surface area contributed by atoms with Gasteiger partial charge in [0.2, 0.25) is 0 Å². The van der Waals surface area contributed by atoms with E-state index in [0.717, 1.165) is 19.3 Å². The number of hydrogen-bond donors (Lipinski definition) is 0. The van der Waals surface area contributed by atoms with Gasteiger partial charge in [0.05, 0.1) is 0 Å². The van der Waals surface area contributed by atoms with Gasteiger partial charge in [-0.1, -0.05) is 0 Å². The summed E-state index contributed by atoms with van der Waals surface area (Å²) < 4.78 is 5.03. The number of fused-ring (bicyclic) bond motifs is 5. The van der Waals surface area contributed by atoms with Crippen molar-refractivity contribution >= 4 is 14.9 Å². The monoisotopic (exact) mass is 668 g/mol. The van der Waals surface area contributed by atoms with Gasteiger partial charge in [0.1, 0.15) is 0 Å². The van der Waals surface area contributed by atoms with Gasteiger partial charge < -0.3 is 24.8 Å². The molecule has 0 bridgehead atoms. The Balaban J connectivity index is 0.00000176. The zero-order valence-electron chi connectivity index (χ0n) is 25.6. The first-order chi connectivity index (χ1) is 19.1. The van der Waals surface area contributed by atoms with Crippen molar-refractivity contribution in [3.8, 4) is 11.1 Å². The fourth-order valence-corrected chi connectivity index (χ4v) is 15.8. The van der Waals surface area contributed by atoms with Gasteiger partial charge in [-0.05, 0) is 0 Å². The van der Waals surface area contributed by atoms with E-state index in [1.54, 1.807) is 8.84 Å². The molecule has 0 radical (unpaired) electrons. The molecule has 3 aromatic carbocycles. The molecule has 1 unspecified atom stereocenters. The van der Waals surface area contributed by atoms with E-state index < -0.39 is 21.3 Å². The topological polar surface area (TPSA) is 0 Å². The summed E-state index contributed by atoms with van der Waals surface area (Å²) in [5, 5.41) is 0. The fraction of sp³-hybridized carbons (Fsp3) is 0.308. The van der Waals surface area contributed by atoms with E-state index in [9.17, 15) is 0 Å². The average Bonchev–Trinajstić information content (AvgIpc) is 3.59. The largest absolute Gasteiger partial charge is 1.00 e. The standard InChI is InChI=1S/C27H29.C7H6.C5H5.2ClH.Zr/c1-16-7-9-26(3,4)24-12-18-11-19-13-25-21(17(2)8-10-27(25,5)6)15-23(19)22(18)14-20(16)24;1-7-5-3-2-4-6-7;1-2-4-5-3-1;;;/h7-9,12-15H,10-11H2,1-6H3;1-6H;1-3H,4H2;2*1H;/q;;;;;+2/p-2. The molecule has 0 amide bonds. The van der Waals surface area contributed by atoms with Crippen molar-refractivity contribution in [3.63, 3.8) is 0 Å². The molecule has 0 aromatic heterocycles. The molecule has 0 nitrogen and oxygen atoms in total. The van der Waals surface area contributed by atoms with Crippen molar-refractivity contribution < 1.29 is 46.1 Å². The number of benzene rings is 3. The third kappa shape index (κ3) is 5.09. The maximum absolute atomic E-state index is 2.72. The molecule has 0 N–H and O–H groups in total. The van der Waals surface area contributed by atoms with E-state index in [-0.39, 0.29) is 35.6 Å². The number of halogens is 2. The molecule has 0 aliphatic heterocycles. The van der Waals surface area contributed by atoms with Crippen LogP contribution in [-0.2, 0) is 38.5 Å². The molecule has 3 heteroatoms. The summed E-state index contributed by atoms with van der Waals surface area (Å²) in [5.74, 6) is 0. The molecule has 214 valence electrons. The molecule has 7 rings (SSSR count). The maximum atomic E-state index is 2.72. The van der Waals surface area contributed by atoms with Crippen LogP contribution in [0.4, 0.5) is 0 Å². The minimum absolute atomic E-state index is 0. The summed E-state index contributed by atoms with van der Waals surface area (Å²) in [6.07, 6.45) is 15.5. The average molecular weight is 671 g/mol. The molecule has 0 saturated heterocycles. The van der Waals surface area contributed by atoms with Crippen LogP contribution < -0.4 is 24.8 Å². The van der Waals surface area contributed by atoms with Gasteiger partial charge in [-0.3, -0.25) is 0 Å². The van der Waals surface area contributed by atoms with Gasteiger partial charge >= 0.3 is 250 Å². The second-order valence-electron chi connectivity index (χ2n) is 13.6. The predicted molar refractivity (Wildman–Crippen MR) is 170 cm³/mol. The zero-order chi connectivity index (χ0) is 27.8. The van der Waals surface area contributed by atoms with Crippen LogP contribution in [0.25, 0.3) is 22.3 Å². The first kappa shape index (κ1) is 31.4. The Kier molecular flexibility index (Phi) is 8.57. The minimum atomic E-state index is -2.20. The first-order valence-electron chi connectivity index (χ1n) is 15.0. The third-order valence-electron chi connectivity index (χ3n) is 10.1. The van der Waals surface area contributed by atoms with Crippen molar-refractivity contribution in [1.29, 1.82) is 0 Å². The van der Waals surface area contributed by atoms with Gasteiger partial charge in [-0.25, -0.2) is 0 Å². The Morgan fingerprint density at radius 2 is 1.43 bits per heavy atom. The van der Waals surface area contributed by atoms with Crippen molar-refractivity contribution in [3.05, 3.63) is 127 Å². The molecule has 0 heterocycles. The van der Waals surface area contributed by atoms with Crippen LogP contribution in [0.15, 0.2) is 88.3 Å². The van der Waals surface area contributed by atoms with Crippen LogP contribution in [0.2, 0.25) is 3.63 Å². The van der Waals surface area contributed by atoms with E-state index in [1.165, 1.54) is 55.7 Å². The number of hydrogen-bond acceptors (Lipinski definition) is 0. The molecule has 1 atom stereocenters. The summed E-state index contributed by atoms with van der Waals surface area (Å²) in [7, 11) is 0. The minimum Gasteiger partial charge on any atom is -1.00 e. The summed E-state index contributed by atoms with van der Waals surface area (Å²) in [4.78, 5) is 0. The second-order valence-corrected chi connectivity index (χ2v) is 19.7. The Labute approximate surface area is 272 Å². The van der Waals surface area contributed by atoms with Crippen molar-refractivity contribution in [2.45, 2.75) is 75.3 Å². The fourth-order valence-electron chi connectivity index (χ4n) is 7.63. The van der Waals surface area contributed by atoms with Crippen LogP contribution in [0.5, 0.6) is 0 Å². The maximum Gasteiger partial charge on any atom is -1.00 e. The quantitative estimate of drug-likeness (QED) is 0.308. The Morgan fingerprint density at radius 1 is 0.786 bits per heavy atom. The van der Waals surface area contributed by atoms with Crippen molar-refractivity contribution in [2.75, 3.05) is 0 Å².